The standard InChI is InChI=1S/C23H28N4O3/c1-14-7-10-16(13-20(14)30-3)25-22(28)15-8-11-17(12-9-15)27-19-6-4-5-18(24-2)21(19)26-23(27)29/h4-7,10,13,15,17,24H,8-9,11-12H2,1-3H3,(H,25,28)(H,26,29). The van der Waals surface area contributed by atoms with Crippen molar-refractivity contribution in [3.05, 3.63) is 52.4 Å². The Morgan fingerprint density at radius 3 is 2.63 bits per heavy atom. The highest BCUT2D eigenvalue weighted by Crippen LogP contribution is 2.35. The Balaban J connectivity index is 1.45. The fourth-order valence-corrected chi connectivity index (χ4v) is 4.46. The van der Waals surface area contributed by atoms with E-state index in [1.165, 1.54) is 0 Å². The van der Waals surface area contributed by atoms with Gasteiger partial charge in [-0.15, -0.1) is 0 Å². The zero-order valence-corrected chi connectivity index (χ0v) is 17.6. The van der Waals surface area contributed by atoms with Gasteiger partial charge in [0.05, 0.1) is 23.8 Å². The minimum absolute atomic E-state index is 0.0306. The molecule has 0 spiro atoms. The first-order valence-corrected chi connectivity index (χ1v) is 10.4. The van der Waals surface area contributed by atoms with Crippen molar-refractivity contribution in [3.8, 4) is 5.75 Å². The molecule has 0 radical (unpaired) electrons. The molecule has 158 valence electrons. The maximum atomic E-state index is 12.8. The van der Waals surface area contributed by atoms with Gasteiger partial charge in [0.15, 0.2) is 0 Å². The van der Waals surface area contributed by atoms with Crippen LogP contribution in [0.3, 0.4) is 0 Å². The van der Waals surface area contributed by atoms with Crippen molar-refractivity contribution in [2.24, 2.45) is 5.92 Å². The maximum Gasteiger partial charge on any atom is 0.326 e. The quantitative estimate of drug-likeness (QED) is 0.594. The van der Waals surface area contributed by atoms with E-state index in [0.717, 1.165) is 59.4 Å². The number of hydrogen-bond donors (Lipinski definition) is 3. The Bertz CT molecular complexity index is 1120. The predicted molar refractivity (Wildman–Crippen MR) is 119 cm³/mol. The summed E-state index contributed by atoms with van der Waals surface area (Å²) < 4.78 is 7.20. The summed E-state index contributed by atoms with van der Waals surface area (Å²) in [6.45, 7) is 1.97. The number of nitrogens with one attached hydrogen (secondary N) is 3. The van der Waals surface area contributed by atoms with Gasteiger partial charge in [-0.05, 0) is 56.4 Å². The van der Waals surface area contributed by atoms with E-state index in [0.29, 0.717) is 0 Å². The van der Waals surface area contributed by atoms with Gasteiger partial charge in [0.2, 0.25) is 5.91 Å². The molecular weight excluding hydrogens is 380 g/mol. The van der Waals surface area contributed by atoms with Gasteiger partial charge >= 0.3 is 5.69 Å². The Hall–Kier alpha value is -3.22. The summed E-state index contributed by atoms with van der Waals surface area (Å²) in [5.41, 5.74) is 4.33. The topological polar surface area (TPSA) is 88.2 Å². The number of aromatic nitrogens is 2. The highest BCUT2D eigenvalue weighted by molar-refractivity contribution is 5.93. The first kappa shape index (κ1) is 20.1. The van der Waals surface area contributed by atoms with Gasteiger partial charge in [-0.2, -0.15) is 0 Å². The monoisotopic (exact) mass is 408 g/mol. The van der Waals surface area contributed by atoms with Gasteiger partial charge in [0.1, 0.15) is 5.75 Å². The molecule has 1 saturated carbocycles. The number of methoxy groups -OCH3 is 1. The van der Waals surface area contributed by atoms with E-state index in [1.54, 1.807) is 7.11 Å². The number of H-pyrrole nitrogens is 1. The second-order valence-electron chi connectivity index (χ2n) is 7.93. The summed E-state index contributed by atoms with van der Waals surface area (Å²) in [6, 6.07) is 11.7. The fourth-order valence-electron chi connectivity index (χ4n) is 4.46. The van der Waals surface area contributed by atoms with Gasteiger partial charge < -0.3 is 20.4 Å². The Morgan fingerprint density at radius 1 is 1.17 bits per heavy atom. The molecule has 7 nitrogen and oxygen atoms in total. The zero-order chi connectivity index (χ0) is 21.3. The van der Waals surface area contributed by atoms with Crippen LogP contribution in [0.5, 0.6) is 5.75 Å². The molecule has 0 aliphatic heterocycles. The second-order valence-corrected chi connectivity index (χ2v) is 7.93. The maximum absolute atomic E-state index is 12.8. The van der Waals surface area contributed by atoms with Crippen molar-refractivity contribution >= 4 is 28.3 Å². The van der Waals surface area contributed by atoms with E-state index >= 15 is 0 Å². The number of benzene rings is 2. The molecule has 1 aliphatic carbocycles. The Morgan fingerprint density at radius 2 is 1.93 bits per heavy atom. The molecule has 2 aromatic carbocycles. The number of fused-ring (bicyclic) bond motifs is 1. The molecule has 1 fully saturated rings. The SMILES string of the molecule is CNc1cccc2c1[nH]c(=O)n2C1CCC(C(=O)Nc2ccc(C)c(OC)c2)CC1. The van der Waals surface area contributed by atoms with Crippen LogP contribution >= 0.6 is 0 Å². The van der Waals surface area contributed by atoms with Crippen LogP contribution in [0.15, 0.2) is 41.2 Å². The molecule has 1 aromatic heterocycles. The van der Waals surface area contributed by atoms with E-state index in [2.05, 4.69) is 15.6 Å². The number of carbonyl (C=O) groups excluding carboxylic acids is 1. The molecule has 1 aliphatic rings. The number of para-hydroxylation sites is 1. The van der Waals surface area contributed by atoms with E-state index in [-0.39, 0.29) is 23.6 Å². The number of aromatic amines is 1. The van der Waals surface area contributed by atoms with Crippen LogP contribution in [0.2, 0.25) is 0 Å². The summed E-state index contributed by atoms with van der Waals surface area (Å²) in [4.78, 5) is 28.4. The highest BCUT2D eigenvalue weighted by Gasteiger charge is 2.29. The molecule has 0 atom stereocenters. The van der Waals surface area contributed by atoms with Crippen molar-refractivity contribution < 1.29 is 9.53 Å². The molecular formula is C23H28N4O3. The van der Waals surface area contributed by atoms with Crippen molar-refractivity contribution in [1.29, 1.82) is 0 Å². The Labute approximate surface area is 175 Å². The number of rotatable bonds is 5. The lowest BCUT2D eigenvalue weighted by Crippen LogP contribution is -2.31. The molecule has 0 saturated heterocycles. The van der Waals surface area contributed by atoms with Crippen molar-refractivity contribution in [2.45, 2.75) is 38.6 Å². The molecule has 1 amide bonds. The van der Waals surface area contributed by atoms with Gasteiger partial charge in [0, 0.05) is 30.8 Å². The van der Waals surface area contributed by atoms with Gasteiger partial charge in [-0.25, -0.2) is 4.79 Å². The van der Waals surface area contributed by atoms with Gasteiger partial charge in [-0.1, -0.05) is 12.1 Å². The molecule has 0 unspecified atom stereocenters. The summed E-state index contributed by atoms with van der Waals surface area (Å²) in [6.07, 6.45) is 3.10. The van der Waals surface area contributed by atoms with Crippen LogP contribution in [0, 0.1) is 12.8 Å². The summed E-state index contributed by atoms with van der Waals surface area (Å²) >= 11 is 0. The lowest BCUT2D eigenvalue weighted by Gasteiger charge is -2.28. The minimum atomic E-state index is -0.0904. The first-order valence-electron chi connectivity index (χ1n) is 10.4. The zero-order valence-electron chi connectivity index (χ0n) is 17.6. The number of hydrogen-bond acceptors (Lipinski definition) is 4. The predicted octanol–water partition coefficient (Wildman–Crippen LogP) is 4.06. The van der Waals surface area contributed by atoms with Crippen LogP contribution in [0.4, 0.5) is 11.4 Å². The van der Waals surface area contributed by atoms with Crippen LogP contribution in [0.1, 0.15) is 37.3 Å². The number of aryl methyl sites for hydroxylation is 1. The number of anilines is 2. The first-order chi connectivity index (χ1) is 14.5. The number of nitrogens with zero attached hydrogens (tertiary/aromatic N) is 1. The highest BCUT2D eigenvalue weighted by atomic mass is 16.5. The van der Waals surface area contributed by atoms with E-state index in [4.69, 9.17) is 4.74 Å². The molecule has 3 N–H and O–H groups in total. The van der Waals surface area contributed by atoms with Gasteiger partial charge in [-0.3, -0.25) is 9.36 Å². The number of amides is 1. The van der Waals surface area contributed by atoms with Crippen LogP contribution < -0.4 is 21.1 Å². The lowest BCUT2D eigenvalue weighted by molar-refractivity contribution is -0.121. The summed E-state index contributed by atoms with van der Waals surface area (Å²) in [7, 11) is 3.47. The van der Waals surface area contributed by atoms with Gasteiger partial charge in [0.25, 0.3) is 0 Å². The lowest BCUT2D eigenvalue weighted by atomic mass is 9.85. The molecule has 3 aromatic rings. The summed E-state index contributed by atoms with van der Waals surface area (Å²) in [5.74, 6) is 0.738. The van der Waals surface area contributed by atoms with Crippen molar-refractivity contribution in [3.63, 3.8) is 0 Å². The largest absolute Gasteiger partial charge is 0.496 e. The third kappa shape index (κ3) is 3.67. The number of imidazole rings is 1. The van der Waals surface area contributed by atoms with Crippen LogP contribution in [-0.2, 0) is 4.79 Å². The molecule has 1 heterocycles. The average Bonchev–Trinajstić information content (AvgIpc) is 3.10. The molecule has 7 heteroatoms. The van der Waals surface area contributed by atoms with Crippen LogP contribution in [0.25, 0.3) is 11.0 Å². The third-order valence-electron chi connectivity index (χ3n) is 6.13. The van der Waals surface area contributed by atoms with E-state index in [9.17, 15) is 9.59 Å². The van der Waals surface area contributed by atoms with E-state index < -0.39 is 0 Å². The molecule has 0 bridgehead atoms. The van der Waals surface area contributed by atoms with Crippen molar-refractivity contribution in [2.75, 3.05) is 24.8 Å². The van der Waals surface area contributed by atoms with E-state index in [1.807, 2.05) is 54.9 Å². The smallest absolute Gasteiger partial charge is 0.326 e. The molecule has 4 rings (SSSR count). The normalized spacial score (nSPS) is 18.9. The fraction of sp³-hybridized carbons (Fsp3) is 0.391. The second kappa shape index (κ2) is 8.26. The number of carbonyl (C=O) groups is 1. The van der Waals surface area contributed by atoms with Crippen LogP contribution in [-0.4, -0.2) is 29.6 Å². The number of ether oxygens (including phenoxy) is 1. The summed E-state index contributed by atoms with van der Waals surface area (Å²) in [5, 5.41) is 6.14. The molecule has 30 heavy (non-hydrogen) atoms. The average molecular weight is 409 g/mol. The Kier molecular flexibility index (Phi) is 5.53. The van der Waals surface area contributed by atoms with Crippen molar-refractivity contribution in [1.82, 2.24) is 9.55 Å². The minimum Gasteiger partial charge on any atom is -0.496 e. The third-order valence-corrected chi connectivity index (χ3v) is 6.13.